The molecular formula is C18H20N4O3. The fraction of sp³-hybridized carbons (Fsp3) is 0.278. The highest BCUT2D eigenvalue weighted by atomic mass is 16.5. The second kappa shape index (κ2) is 6.80. The zero-order valence-corrected chi connectivity index (χ0v) is 14.4. The van der Waals surface area contributed by atoms with Gasteiger partial charge in [0.2, 0.25) is 5.91 Å². The quantitative estimate of drug-likeness (QED) is 0.709. The summed E-state index contributed by atoms with van der Waals surface area (Å²) in [6, 6.07) is 12.7. The van der Waals surface area contributed by atoms with Crippen LogP contribution < -0.4 is 10.4 Å². The lowest BCUT2D eigenvalue weighted by Gasteiger charge is -2.25. The normalized spacial score (nSPS) is 12.1. The molecule has 0 aliphatic heterocycles. The van der Waals surface area contributed by atoms with Gasteiger partial charge in [0.1, 0.15) is 12.3 Å². The number of fused-ring (bicyclic) bond motifs is 1. The highest BCUT2D eigenvalue weighted by Gasteiger charge is 2.19. The lowest BCUT2D eigenvalue weighted by molar-refractivity contribution is -0.132. The maximum absolute atomic E-state index is 12.6. The molecular weight excluding hydrogens is 320 g/mol. The zero-order valence-electron chi connectivity index (χ0n) is 14.4. The first-order chi connectivity index (χ1) is 12.0. The monoisotopic (exact) mass is 340 g/mol. The minimum Gasteiger partial charge on any atom is -0.497 e. The van der Waals surface area contributed by atoms with E-state index in [1.165, 1.54) is 9.08 Å². The second-order valence-corrected chi connectivity index (χ2v) is 5.82. The third-order valence-corrected chi connectivity index (χ3v) is 4.35. The summed E-state index contributed by atoms with van der Waals surface area (Å²) >= 11 is 0. The van der Waals surface area contributed by atoms with Crippen molar-refractivity contribution in [3.8, 4) is 5.75 Å². The first-order valence-corrected chi connectivity index (χ1v) is 7.95. The number of likely N-dealkylation sites (N-methyl/N-ethyl adjacent to an activating group) is 1. The van der Waals surface area contributed by atoms with Crippen molar-refractivity contribution in [1.29, 1.82) is 0 Å². The first-order valence-electron chi connectivity index (χ1n) is 7.95. The van der Waals surface area contributed by atoms with Crippen molar-refractivity contribution in [2.24, 2.45) is 0 Å². The van der Waals surface area contributed by atoms with Gasteiger partial charge in [-0.1, -0.05) is 18.2 Å². The van der Waals surface area contributed by atoms with Crippen molar-refractivity contribution in [2.75, 3.05) is 14.2 Å². The summed E-state index contributed by atoms with van der Waals surface area (Å²) in [4.78, 5) is 26.5. The molecule has 0 aliphatic carbocycles. The van der Waals surface area contributed by atoms with Crippen molar-refractivity contribution in [1.82, 2.24) is 19.1 Å². The minimum atomic E-state index is -0.325. The molecule has 0 saturated carbocycles. The van der Waals surface area contributed by atoms with E-state index in [1.54, 1.807) is 43.5 Å². The Labute approximate surface area is 145 Å². The Morgan fingerprint density at radius 3 is 2.60 bits per heavy atom. The Morgan fingerprint density at radius 1 is 1.24 bits per heavy atom. The summed E-state index contributed by atoms with van der Waals surface area (Å²) in [6.07, 6.45) is 1.63. The third kappa shape index (κ3) is 3.26. The van der Waals surface area contributed by atoms with Gasteiger partial charge in [-0.25, -0.2) is 9.48 Å². The number of benzene rings is 1. The molecule has 0 fully saturated rings. The standard InChI is InChI=1S/C18H20N4O3/c1-13(14-7-9-15(25-3)10-8-14)20(2)17(23)12-22-18(24)21-11-5-4-6-16(21)19-22/h4-11,13H,12H2,1-3H3. The summed E-state index contributed by atoms with van der Waals surface area (Å²) in [5.41, 5.74) is 1.18. The molecule has 0 bridgehead atoms. The zero-order chi connectivity index (χ0) is 18.0. The van der Waals surface area contributed by atoms with Crippen LogP contribution in [0.2, 0.25) is 0 Å². The Hall–Kier alpha value is -3.09. The van der Waals surface area contributed by atoms with Crippen LogP contribution in [0, 0.1) is 0 Å². The smallest absolute Gasteiger partial charge is 0.350 e. The second-order valence-electron chi connectivity index (χ2n) is 5.82. The van der Waals surface area contributed by atoms with E-state index in [0.717, 1.165) is 11.3 Å². The number of rotatable bonds is 5. The number of amides is 1. The van der Waals surface area contributed by atoms with E-state index in [9.17, 15) is 9.59 Å². The van der Waals surface area contributed by atoms with Crippen LogP contribution in [0.3, 0.4) is 0 Å². The van der Waals surface area contributed by atoms with Gasteiger partial charge in [0.05, 0.1) is 13.2 Å². The number of hydrogen-bond donors (Lipinski definition) is 0. The molecule has 0 radical (unpaired) electrons. The SMILES string of the molecule is COc1ccc(C(C)N(C)C(=O)Cn2nc3ccccn3c2=O)cc1. The van der Waals surface area contributed by atoms with E-state index < -0.39 is 0 Å². The van der Waals surface area contributed by atoms with E-state index in [0.29, 0.717) is 5.65 Å². The molecule has 0 N–H and O–H groups in total. The average Bonchev–Trinajstić information content (AvgIpc) is 2.96. The largest absolute Gasteiger partial charge is 0.497 e. The molecule has 0 saturated heterocycles. The van der Waals surface area contributed by atoms with Gasteiger partial charge in [-0.15, -0.1) is 5.10 Å². The van der Waals surface area contributed by atoms with Crippen molar-refractivity contribution < 1.29 is 9.53 Å². The highest BCUT2D eigenvalue weighted by Crippen LogP contribution is 2.21. The molecule has 3 aromatic rings. The van der Waals surface area contributed by atoms with Crippen LogP contribution in [0.5, 0.6) is 5.75 Å². The van der Waals surface area contributed by atoms with Crippen molar-refractivity contribution in [3.63, 3.8) is 0 Å². The van der Waals surface area contributed by atoms with Crippen LogP contribution >= 0.6 is 0 Å². The Kier molecular flexibility index (Phi) is 4.56. The summed E-state index contributed by atoms with van der Waals surface area (Å²) in [7, 11) is 3.33. The lowest BCUT2D eigenvalue weighted by Crippen LogP contribution is -2.35. The molecule has 3 rings (SSSR count). The van der Waals surface area contributed by atoms with Crippen LogP contribution in [0.1, 0.15) is 18.5 Å². The third-order valence-electron chi connectivity index (χ3n) is 4.35. The molecule has 1 atom stereocenters. The number of nitrogens with zero attached hydrogens (tertiary/aromatic N) is 4. The van der Waals surface area contributed by atoms with Crippen LogP contribution in [0.15, 0.2) is 53.5 Å². The fourth-order valence-corrected chi connectivity index (χ4v) is 2.63. The number of hydrogen-bond acceptors (Lipinski definition) is 4. The van der Waals surface area contributed by atoms with Crippen LogP contribution in [0.4, 0.5) is 0 Å². The number of carbonyl (C=O) groups is 1. The molecule has 2 aromatic heterocycles. The van der Waals surface area contributed by atoms with Gasteiger partial charge >= 0.3 is 5.69 Å². The number of aromatic nitrogens is 3. The molecule has 7 nitrogen and oxygen atoms in total. The van der Waals surface area contributed by atoms with Crippen molar-refractivity contribution >= 4 is 11.6 Å². The van der Waals surface area contributed by atoms with Crippen molar-refractivity contribution in [2.45, 2.75) is 19.5 Å². The maximum atomic E-state index is 12.6. The molecule has 0 spiro atoms. The van der Waals surface area contributed by atoms with Gasteiger partial charge in [-0.2, -0.15) is 0 Å². The van der Waals surface area contributed by atoms with Gasteiger partial charge in [-0.3, -0.25) is 9.20 Å². The predicted molar refractivity (Wildman–Crippen MR) is 93.6 cm³/mol. The summed E-state index contributed by atoms with van der Waals surface area (Å²) < 4.78 is 7.75. The van der Waals surface area contributed by atoms with E-state index in [2.05, 4.69) is 5.10 Å². The van der Waals surface area contributed by atoms with E-state index >= 15 is 0 Å². The molecule has 7 heteroatoms. The molecule has 1 aromatic carbocycles. The van der Waals surface area contributed by atoms with Crippen LogP contribution in [0.25, 0.3) is 5.65 Å². The minimum absolute atomic E-state index is 0.0997. The van der Waals surface area contributed by atoms with Gasteiger partial charge in [0.15, 0.2) is 5.65 Å². The predicted octanol–water partition coefficient (Wildman–Crippen LogP) is 1.72. The van der Waals surface area contributed by atoms with Gasteiger partial charge < -0.3 is 9.64 Å². The highest BCUT2D eigenvalue weighted by molar-refractivity contribution is 5.76. The number of methoxy groups -OCH3 is 1. The molecule has 2 heterocycles. The summed E-state index contributed by atoms with van der Waals surface area (Å²) in [5.74, 6) is 0.579. The fourth-order valence-electron chi connectivity index (χ4n) is 2.63. The summed E-state index contributed by atoms with van der Waals surface area (Å²) in [6.45, 7) is 1.84. The Balaban J connectivity index is 1.77. The van der Waals surface area contributed by atoms with Crippen molar-refractivity contribution in [3.05, 3.63) is 64.7 Å². The lowest BCUT2D eigenvalue weighted by atomic mass is 10.1. The molecule has 0 aliphatic rings. The average molecular weight is 340 g/mol. The van der Waals surface area contributed by atoms with Gasteiger partial charge in [0, 0.05) is 13.2 Å². The molecule has 130 valence electrons. The Morgan fingerprint density at radius 2 is 1.96 bits per heavy atom. The van der Waals surface area contributed by atoms with Gasteiger partial charge in [0.25, 0.3) is 0 Å². The number of ether oxygens (including phenoxy) is 1. The first kappa shape index (κ1) is 16.8. The summed E-state index contributed by atoms with van der Waals surface area (Å²) in [5, 5.41) is 4.19. The molecule has 1 unspecified atom stereocenters. The van der Waals surface area contributed by atoms with E-state index in [1.807, 2.05) is 31.2 Å². The Bertz CT molecular complexity index is 943. The van der Waals surface area contributed by atoms with Gasteiger partial charge in [-0.05, 0) is 36.8 Å². The number of pyridine rings is 1. The van der Waals surface area contributed by atoms with Crippen LogP contribution in [-0.4, -0.2) is 39.1 Å². The van der Waals surface area contributed by atoms with E-state index in [-0.39, 0.29) is 24.2 Å². The molecule has 25 heavy (non-hydrogen) atoms. The maximum Gasteiger partial charge on any atom is 0.350 e. The number of carbonyl (C=O) groups excluding carboxylic acids is 1. The van der Waals surface area contributed by atoms with E-state index in [4.69, 9.17) is 4.74 Å². The topological polar surface area (TPSA) is 68.8 Å². The van der Waals surface area contributed by atoms with Crippen LogP contribution in [-0.2, 0) is 11.3 Å². The molecule has 1 amide bonds.